The topological polar surface area (TPSA) is 74.9 Å². The fourth-order valence-corrected chi connectivity index (χ4v) is 3.60. The molecular formula is C22H17Cl2N3O2. The lowest BCUT2D eigenvalue weighted by molar-refractivity contribution is -0.114. The number of benzene rings is 2. The Morgan fingerprint density at radius 3 is 2.28 bits per heavy atom. The first-order valence-corrected chi connectivity index (χ1v) is 9.55. The van der Waals surface area contributed by atoms with E-state index in [0.29, 0.717) is 33.3 Å². The number of halogens is 2. The van der Waals surface area contributed by atoms with Crippen molar-refractivity contribution in [2.45, 2.75) is 19.8 Å². The van der Waals surface area contributed by atoms with Gasteiger partial charge < -0.3 is 5.32 Å². The number of nitrogens with one attached hydrogen (secondary N) is 1. The summed E-state index contributed by atoms with van der Waals surface area (Å²) in [6, 6.07) is 16.0. The van der Waals surface area contributed by atoms with E-state index in [1.807, 2.05) is 12.1 Å². The molecule has 1 N–H and O–H groups in total. The SMILES string of the molecule is CC(=O)Nc1cc(Cc2ccc(C#N)cc2)n(C(=O)Cc2cc(Cl)cc(Cl)c2)c1. The number of hydrogen-bond donors (Lipinski definition) is 1. The van der Waals surface area contributed by atoms with Gasteiger partial charge in [-0.1, -0.05) is 35.3 Å². The lowest BCUT2D eigenvalue weighted by atomic mass is 10.1. The van der Waals surface area contributed by atoms with Crippen LogP contribution in [0.5, 0.6) is 0 Å². The lowest BCUT2D eigenvalue weighted by Crippen LogP contribution is -2.15. The summed E-state index contributed by atoms with van der Waals surface area (Å²) in [6.07, 6.45) is 2.18. The average molecular weight is 426 g/mol. The molecule has 2 aromatic carbocycles. The zero-order chi connectivity index (χ0) is 21.0. The van der Waals surface area contributed by atoms with Gasteiger partial charge >= 0.3 is 0 Å². The van der Waals surface area contributed by atoms with E-state index in [0.717, 1.165) is 11.3 Å². The quantitative estimate of drug-likeness (QED) is 0.617. The Morgan fingerprint density at radius 2 is 1.69 bits per heavy atom. The third-order valence-electron chi connectivity index (χ3n) is 4.23. The molecule has 1 amide bonds. The molecule has 0 aliphatic carbocycles. The maximum absolute atomic E-state index is 13.0. The molecule has 0 unspecified atom stereocenters. The van der Waals surface area contributed by atoms with E-state index in [2.05, 4.69) is 11.4 Å². The largest absolute Gasteiger partial charge is 0.325 e. The second-order valence-electron chi connectivity index (χ2n) is 6.61. The van der Waals surface area contributed by atoms with Crippen LogP contribution in [0.4, 0.5) is 5.69 Å². The minimum absolute atomic E-state index is 0.106. The van der Waals surface area contributed by atoms with Crippen molar-refractivity contribution < 1.29 is 9.59 Å². The van der Waals surface area contributed by atoms with E-state index in [1.54, 1.807) is 42.6 Å². The summed E-state index contributed by atoms with van der Waals surface area (Å²) < 4.78 is 1.53. The number of rotatable bonds is 5. The number of hydrogen-bond acceptors (Lipinski definition) is 3. The van der Waals surface area contributed by atoms with Gasteiger partial charge in [-0.2, -0.15) is 5.26 Å². The van der Waals surface area contributed by atoms with Crippen molar-refractivity contribution in [1.29, 1.82) is 5.26 Å². The van der Waals surface area contributed by atoms with Crippen LogP contribution in [-0.2, 0) is 17.6 Å². The van der Waals surface area contributed by atoms with E-state index in [1.165, 1.54) is 11.5 Å². The van der Waals surface area contributed by atoms with Crippen molar-refractivity contribution in [3.63, 3.8) is 0 Å². The van der Waals surface area contributed by atoms with Crippen LogP contribution in [0.25, 0.3) is 0 Å². The molecule has 0 atom stereocenters. The third-order valence-corrected chi connectivity index (χ3v) is 4.67. The Hall–Kier alpha value is -3.07. The van der Waals surface area contributed by atoms with Crippen LogP contribution in [0.2, 0.25) is 10.0 Å². The van der Waals surface area contributed by atoms with Gasteiger partial charge in [-0.05, 0) is 47.5 Å². The van der Waals surface area contributed by atoms with Crippen LogP contribution in [0.1, 0.15) is 34.1 Å². The molecule has 0 spiro atoms. The van der Waals surface area contributed by atoms with Crippen LogP contribution in [0, 0.1) is 11.3 Å². The monoisotopic (exact) mass is 425 g/mol. The fourth-order valence-electron chi connectivity index (χ4n) is 3.03. The molecule has 3 rings (SSSR count). The van der Waals surface area contributed by atoms with Crippen molar-refractivity contribution in [3.8, 4) is 6.07 Å². The fraction of sp³-hybridized carbons (Fsp3) is 0.136. The molecule has 0 radical (unpaired) electrons. The normalized spacial score (nSPS) is 10.4. The van der Waals surface area contributed by atoms with E-state index in [-0.39, 0.29) is 18.2 Å². The summed E-state index contributed by atoms with van der Waals surface area (Å²) in [5.74, 6) is -0.398. The molecule has 0 saturated heterocycles. The number of nitriles is 1. The first-order valence-electron chi connectivity index (χ1n) is 8.80. The van der Waals surface area contributed by atoms with E-state index < -0.39 is 0 Å². The highest BCUT2D eigenvalue weighted by molar-refractivity contribution is 6.34. The first kappa shape index (κ1) is 20.7. The highest BCUT2D eigenvalue weighted by atomic mass is 35.5. The number of amides is 1. The molecule has 0 bridgehead atoms. The van der Waals surface area contributed by atoms with Crippen LogP contribution >= 0.6 is 23.2 Å². The number of nitrogens with zero attached hydrogens (tertiary/aromatic N) is 2. The summed E-state index contributed by atoms with van der Waals surface area (Å²) >= 11 is 12.1. The van der Waals surface area contributed by atoms with Crippen LogP contribution in [0.3, 0.4) is 0 Å². The van der Waals surface area contributed by atoms with Crippen LogP contribution < -0.4 is 5.32 Å². The van der Waals surface area contributed by atoms with Crippen LogP contribution in [0.15, 0.2) is 54.7 Å². The minimum atomic E-state index is -0.221. The molecule has 5 nitrogen and oxygen atoms in total. The van der Waals surface area contributed by atoms with Gasteiger partial charge in [0.25, 0.3) is 0 Å². The van der Waals surface area contributed by atoms with Gasteiger partial charge in [0, 0.05) is 35.3 Å². The summed E-state index contributed by atoms with van der Waals surface area (Å²) in [5.41, 5.74) is 3.47. The molecule has 0 saturated carbocycles. The molecule has 1 aromatic heterocycles. The second-order valence-corrected chi connectivity index (χ2v) is 7.48. The maximum Gasteiger partial charge on any atom is 0.235 e. The Balaban J connectivity index is 1.90. The van der Waals surface area contributed by atoms with Crippen molar-refractivity contribution >= 4 is 40.7 Å². The van der Waals surface area contributed by atoms with E-state index in [4.69, 9.17) is 28.5 Å². The molecule has 7 heteroatoms. The van der Waals surface area contributed by atoms with Crippen LogP contribution in [-0.4, -0.2) is 16.4 Å². The molecule has 3 aromatic rings. The molecule has 0 aliphatic rings. The molecule has 0 aliphatic heterocycles. The predicted molar refractivity (Wildman–Crippen MR) is 113 cm³/mol. The molecule has 29 heavy (non-hydrogen) atoms. The maximum atomic E-state index is 13.0. The van der Waals surface area contributed by atoms with Crippen molar-refractivity contribution in [3.05, 3.63) is 87.2 Å². The number of anilines is 1. The van der Waals surface area contributed by atoms with Crippen molar-refractivity contribution in [2.75, 3.05) is 5.32 Å². The number of aromatic nitrogens is 1. The Kier molecular flexibility index (Phi) is 6.38. The van der Waals surface area contributed by atoms with Gasteiger partial charge in [-0.25, -0.2) is 0 Å². The summed E-state index contributed by atoms with van der Waals surface area (Å²) in [4.78, 5) is 24.4. The predicted octanol–water partition coefficient (Wildman–Crippen LogP) is 5.10. The first-order chi connectivity index (χ1) is 13.8. The van der Waals surface area contributed by atoms with Crippen molar-refractivity contribution in [2.24, 2.45) is 0 Å². The number of carbonyl (C=O) groups is 2. The zero-order valence-electron chi connectivity index (χ0n) is 15.6. The molecular weight excluding hydrogens is 409 g/mol. The van der Waals surface area contributed by atoms with Gasteiger partial charge in [-0.3, -0.25) is 14.2 Å². The average Bonchev–Trinajstić information content (AvgIpc) is 3.03. The summed E-state index contributed by atoms with van der Waals surface area (Å²) in [6.45, 7) is 1.41. The van der Waals surface area contributed by atoms with E-state index in [9.17, 15) is 9.59 Å². The standard InChI is InChI=1S/C22H17Cl2N3O2/c1-14(28)26-20-11-21(8-15-2-4-16(12-25)5-3-15)27(13-20)22(29)9-17-6-18(23)10-19(24)7-17/h2-7,10-11,13H,8-9H2,1H3,(H,26,28). The zero-order valence-corrected chi connectivity index (χ0v) is 17.1. The third kappa shape index (κ3) is 5.47. The second kappa shape index (κ2) is 8.95. The minimum Gasteiger partial charge on any atom is -0.325 e. The molecule has 0 fully saturated rings. The van der Waals surface area contributed by atoms with Gasteiger partial charge in [0.05, 0.1) is 23.7 Å². The van der Waals surface area contributed by atoms with Gasteiger partial charge in [-0.15, -0.1) is 0 Å². The number of carbonyl (C=O) groups excluding carboxylic acids is 2. The highest BCUT2D eigenvalue weighted by Gasteiger charge is 2.15. The smallest absolute Gasteiger partial charge is 0.235 e. The van der Waals surface area contributed by atoms with Gasteiger partial charge in [0.2, 0.25) is 11.8 Å². The van der Waals surface area contributed by atoms with E-state index >= 15 is 0 Å². The molecule has 146 valence electrons. The highest BCUT2D eigenvalue weighted by Crippen LogP contribution is 2.22. The Bertz CT molecular complexity index is 1090. The lowest BCUT2D eigenvalue weighted by Gasteiger charge is -2.09. The van der Waals surface area contributed by atoms with Gasteiger partial charge in [0.1, 0.15) is 0 Å². The summed E-state index contributed by atoms with van der Waals surface area (Å²) in [7, 11) is 0. The Morgan fingerprint density at radius 1 is 1.03 bits per heavy atom. The molecule has 1 heterocycles. The summed E-state index contributed by atoms with van der Waals surface area (Å²) in [5, 5.41) is 12.6. The Labute approximate surface area is 178 Å². The van der Waals surface area contributed by atoms with Crippen molar-refractivity contribution in [1.82, 2.24) is 4.57 Å². The van der Waals surface area contributed by atoms with Gasteiger partial charge in [0.15, 0.2) is 0 Å².